The van der Waals surface area contributed by atoms with E-state index in [-0.39, 0.29) is 0 Å². The van der Waals surface area contributed by atoms with E-state index in [1.165, 1.54) is 0 Å². The Morgan fingerprint density at radius 3 is 2.73 bits per heavy atom. The minimum Gasteiger partial charge on any atom is -0.363 e. The summed E-state index contributed by atoms with van der Waals surface area (Å²) in [6.45, 7) is 2.58. The van der Waals surface area contributed by atoms with E-state index in [4.69, 9.17) is 0 Å². The Hall–Kier alpha value is -1.91. The minimum absolute atomic E-state index is 0.665. The fourth-order valence-corrected chi connectivity index (χ4v) is 1.23. The highest BCUT2D eigenvalue weighted by Gasteiger charge is 1.97. The Morgan fingerprint density at radius 1 is 1.27 bits per heavy atom. The van der Waals surface area contributed by atoms with Crippen LogP contribution in [-0.2, 0) is 13.6 Å². The number of nitrogens with one attached hydrogen (secondary N) is 1. The van der Waals surface area contributed by atoms with Crippen LogP contribution in [0.1, 0.15) is 11.4 Å². The van der Waals surface area contributed by atoms with Crippen LogP contribution in [0.4, 0.5) is 5.82 Å². The molecule has 0 aliphatic rings. The first-order valence-corrected chi connectivity index (χ1v) is 4.77. The van der Waals surface area contributed by atoms with Crippen molar-refractivity contribution in [3.05, 3.63) is 35.8 Å². The molecule has 5 heteroatoms. The summed E-state index contributed by atoms with van der Waals surface area (Å²) in [5, 5.41) is 15.4. The van der Waals surface area contributed by atoms with Crippen LogP contribution in [0.5, 0.6) is 0 Å². The van der Waals surface area contributed by atoms with Crippen molar-refractivity contribution in [2.75, 3.05) is 5.32 Å². The molecule has 0 amide bonds. The molecule has 0 aromatic carbocycles. The SMILES string of the molecule is Cc1ccc(NCc2ccn(C)n2)nn1. The van der Waals surface area contributed by atoms with Crippen LogP contribution in [0.3, 0.4) is 0 Å². The van der Waals surface area contributed by atoms with Gasteiger partial charge in [-0.25, -0.2) is 0 Å². The molecule has 2 rings (SSSR count). The lowest BCUT2D eigenvalue weighted by molar-refractivity contribution is 0.746. The molecule has 2 aromatic rings. The van der Waals surface area contributed by atoms with Gasteiger partial charge >= 0.3 is 0 Å². The summed E-state index contributed by atoms with van der Waals surface area (Å²) in [5.74, 6) is 0.770. The van der Waals surface area contributed by atoms with Gasteiger partial charge < -0.3 is 5.32 Å². The number of rotatable bonds is 3. The van der Waals surface area contributed by atoms with E-state index in [1.807, 2.05) is 38.4 Å². The molecule has 0 fully saturated rings. The Bertz CT molecular complexity index is 431. The molecule has 0 aliphatic heterocycles. The smallest absolute Gasteiger partial charge is 0.148 e. The first kappa shape index (κ1) is 9.64. The van der Waals surface area contributed by atoms with Gasteiger partial charge in [0.25, 0.3) is 0 Å². The van der Waals surface area contributed by atoms with E-state index >= 15 is 0 Å². The van der Waals surface area contributed by atoms with Crippen LogP contribution >= 0.6 is 0 Å². The molecule has 78 valence electrons. The van der Waals surface area contributed by atoms with Gasteiger partial charge in [0.1, 0.15) is 5.82 Å². The molecule has 15 heavy (non-hydrogen) atoms. The third kappa shape index (κ3) is 2.52. The predicted octanol–water partition coefficient (Wildman–Crippen LogP) is 1.13. The zero-order chi connectivity index (χ0) is 10.7. The average Bonchev–Trinajstić information content (AvgIpc) is 2.64. The number of aryl methyl sites for hydroxylation is 2. The number of hydrogen-bond acceptors (Lipinski definition) is 4. The van der Waals surface area contributed by atoms with Crippen LogP contribution in [0.2, 0.25) is 0 Å². The normalized spacial score (nSPS) is 10.3. The standard InChI is InChI=1S/C10H13N5/c1-8-3-4-10(13-12-8)11-7-9-5-6-15(2)14-9/h3-6H,7H2,1-2H3,(H,11,13). The highest BCUT2D eigenvalue weighted by molar-refractivity contribution is 5.33. The fraction of sp³-hybridized carbons (Fsp3) is 0.300. The summed E-state index contributed by atoms with van der Waals surface area (Å²) in [5.41, 5.74) is 1.90. The van der Waals surface area contributed by atoms with Crippen molar-refractivity contribution in [1.29, 1.82) is 0 Å². The van der Waals surface area contributed by atoms with Gasteiger partial charge in [-0.3, -0.25) is 4.68 Å². The maximum atomic E-state index is 4.25. The molecule has 0 spiro atoms. The van der Waals surface area contributed by atoms with E-state index < -0.39 is 0 Å². The molecular formula is C10H13N5. The topological polar surface area (TPSA) is 55.6 Å². The van der Waals surface area contributed by atoms with Gasteiger partial charge in [-0.15, -0.1) is 5.10 Å². The van der Waals surface area contributed by atoms with Crippen molar-refractivity contribution < 1.29 is 0 Å². The van der Waals surface area contributed by atoms with Gasteiger partial charge in [0.15, 0.2) is 0 Å². The van der Waals surface area contributed by atoms with Gasteiger partial charge in [-0.1, -0.05) is 0 Å². The summed E-state index contributed by atoms with van der Waals surface area (Å²) >= 11 is 0. The van der Waals surface area contributed by atoms with E-state index in [2.05, 4.69) is 20.6 Å². The number of anilines is 1. The van der Waals surface area contributed by atoms with E-state index in [0.717, 1.165) is 17.2 Å². The first-order chi connectivity index (χ1) is 7.24. The average molecular weight is 203 g/mol. The lowest BCUT2D eigenvalue weighted by Gasteiger charge is -2.01. The maximum absolute atomic E-state index is 4.25. The van der Waals surface area contributed by atoms with Crippen molar-refractivity contribution in [3.8, 4) is 0 Å². The van der Waals surface area contributed by atoms with Crippen LogP contribution in [0.15, 0.2) is 24.4 Å². The maximum Gasteiger partial charge on any atom is 0.148 e. The summed E-state index contributed by atoms with van der Waals surface area (Å²) in [6.07, 6.45) is 1.91. The van der Waals surface area contributed by atoms with Crippen LogP contribution < -0.4 is 5.32 Å². The third-order valence-electron chi connectivity index (χ3n) is 2.02. The van der Waals surface area contributed by atoms with Crippen molar-refractivity contribution in [2.24, 2.45) is 7.05 Å². The highest BCUT2D eigenvalue weighted by atomic mass is 15.3. The Morgan fingerprint density at radius 2 is 2.13 bits per heavy atom. The molecule has 0 unspecified atom stereocenters. The molecule has 0 bridgehead atoms. The van der Waals surface area contributed by atoms with Crippen molar-refractivity contribution in [3.63, 3.8) is 0 Å². The quantitative estimate of drug-likeness (QED) is 0.812. The minimum atomic E-state index is 0.665. The summed E-state index contributed by atoms with van der Waals surface area (Å²) in [7, 11) is 1.90. The molecule has 0 aliphatic carbocycles. The van der Waals surface area contributed by atoms with E-state index in [9.17, 15) is 0 Å². The largest absolute Gasteiger partial charge is 0.363 e. The second kappa shape index (κ2) is 4.08. The molecule has 0 atom stereocenters. The number of aromatic nitrogens is 4. The lowest BCUT2D eigenvalue weighted by Crippen LogP contribution is -2.03. The second-order valence-corrected chi connectivity index (χ2v) is 3.39. The monoisotopic (exact) mass is 203 g/mol. The molecule has 5 nitrogen and oxygen atoms in total. The Labute approximate surface area is 88.1 Å². The fourth-order valence-electron chi connectivity index (χ4n) is 1.23. The van der Waals surface area contributed by atoms with Crippen molar-refractivity contribution in [1.82, 2.24) is 20.0 Å². The van der Waals surface area contributed by atoms with Crippen molar-refractivity contribution in [2.45, 2.75) is 13.5 Å². The van der Waals surface area contributed by atoms with Gasteiger partial charge in [0.2, 0.25) is 0 Å². The van der Waals surface area contributed by atoms with Crippen molar-refractivity contribution >= 4 is 5.82 Å². The zero-order valence-corrected chi connectivity index (χ0v) is 8.81. The second-order valence-electron chi connectivity index (χ2n) is 3.39. The molecule has 2 heterocycles. The summed E-state index contributed by atoms with van der Waals surface area (Å²) < 4.78 is 1.78. The van der Waals surface area contributed by atoms with E-state index in [0.29, 0.717) is 6.54 Å². The highest BCUT2D eigenvalue weighted by Crippen LogP contribution is 2.03. The van der Waals surface area contributed by atoms with Gasteiger partial charge in [0.05, 0.1) is 17.9 Å². The summed E-state index contributed by atoms with van der Waals surface area (Å²) in [4.78, 5) is 0. The lowest BCUT2D eigenvalue weighted by atomic mass is 10.4. The summed E-state index contributed by atoms with van der Waals surface area (Å²) in [6, 6.07) is 5.80. The molecule has 0 saturated carbocycles. The molecule has 1 N–H and O–H groups in total. The number of nitrogens with zero attached hydrogens (tertiary/aromatic N) is 4. The molecule has 0 saturated heterocycles. The molecular weight excluding hydrogens is 190 g/mol. The first-order valence-electron chi connectivity index (χ1n) is 4.77. The van der Waals surface area contributed by atoms with Crippen LogP contribution in [0.25, 0.3) is 0 Å². The van der Waals surface area contributed by atoms with Crippen LogP contribution in [-0.4, -0.2) is 20.0 Å². The Kier molecular flexibility index (Phi) is 2.62. The van der Waals surface area contributed by atoms with Gasteiger partial charge in [-0.05, 0) is 25.1 Å². The molecule has 2 aromatic heterocycles. The predicted molar refractivity (Wildman–Crippen MR) is 57.3 cm³/mol. The zero-order valence-electron chi connectivity index (χ0n) is 8.81. The van der Waals surface area contributed by atoms with Gasteiger partial charge in [0, 0.05) is 13.2 Å². The van der Waals surface area contributed by atoms with Gasteiger partial charge in [-0.2, -0.15) is 10.2 Å². The van der Waals surface area contributed by atoms with E-state index in [1.54, 1.807) is 4.68 Å². The van der Waals surface area contributed by atoms with Crippen LogP contribution in [0, 0.1) is 6.92 Å². The molecule has 0 radical (unpaired) electrons. The Balaban J connectivity index is 1.96. The number of hydrogen-bond donors (Lipinski definition) is 1. The third-order valence-corrected chi connectivity index (χ3v) is 2.02.